The lowest BCUT2D eigenvalue weighted by atomic mass is 10.1. The molecular formula is C9H16O5. The highest BCUT2D eigenvalue weighted by molar-refractivity contribution is 5.78. The van der Waals surface area contributed by atoms with Gasteiger partial charge in [0.2, 0.25) is 0 Å². The maximum absolute atomic E-state index is 11.3. The number of esters is 1. The van der Waals surface area contributed by atoms with E-state index in [0.29, 0.717) is 13.2 Å². The summed E-state index contributed by atoms with van der Waals surface area (Å²) in [5.41, 5.74) is 0. The Morgan fingerprint density at radius 1 is 1.36 bits per heavy atom. The molecule has 0 aliphatic carbocycles. The van der Waals surface area contributed by atoms with Gasteiger partial charge in [-0.05, 0) is 13.8 Å². The molecule has 1 aliphatic rings. The van der Waals surface area contributed by atoms with Crippen molar-refractivity contribution in [3.63, 3.8) is 0 Å². The van der Waals surface area contributed by atoms with Gasteiger partial charge < -0.3 is 19.3 Å². The smallest absolute Gasteiger partial charge is 0.338 e. The van der Waals surface area contributed by atoms with Crippen molar-refractivity contribution < 1.29 is 24.1 Å². The Labute approximate surface area is 82.9 Å². The third kappa shape index (κ3) is 2.23. The average Bonchev–Trinajstić information content (AvgIpc) is 2.47. The van der Waals surface area contributed by atoms with Crippen molar-refractivity contribution in [1.29, 1.82) is 0 Å². The predicted octanol–water partition coefficient (Wildman–Crippen LogP) is -0.286. The highest BCUT2D eigenvalue weighted by Gasteiger charge is 2.45. The molecule has 1 N–H and O–H groups in total. The Kier molecular flexibility index (Phi) is 4.31. The molecule has 82 valence electrons. The van der Waals surface area contributed by atoms with Crippen LogP contribution >= 0.6 is 0 Å². The van der Waals surface area contributed by atoms with Crippen LogP contribution in [-0.4, -0.2) is 49.2 Å². The topological polar surface area (TPSA) is 65.0 Å². The number of aliphatic hydroxyl groups is 1. The van der Waals surface area contributed by atoms with Gasteiger partial charge in [-0.15, -0.1) is 0 Å². The lowest BCUT2D eigenvalue weighted by Gasteiger charge is -2.18. The van der Waals surface area contributed by atoms with Crippen LogP contribution in [0.2, 0.25) is 0 Å². The highest BCUT2D eigenvalue weighted by atomic mass is 16.6. The number of rotatable bonds is 5. The Balaban J connectivity index is 2.64. The molecule has 3 atom stereocenters. The van der Waals surface area contributed by atoms with Crippen LogP contribution in [-0.2, 0) is 19.0 Å². The number of carbonyl (C=O) groups excluding carboxylic acids is 1. The predicted molar refractivity (Wildman–Crippen MR) is 47.8 cm³/mol. The van der Waals surface area contributed by atoms with Crippen molar-refractivity contribution >= 4 is 5.97 Å². The van der Waals surface area contributed by atoms with Crippen molar-refractivity contribution in [2.45, 2.75) is 32.2 Å². The van der Waals surface area contributed by atoms with Crippen LogP contribution in [0.4, 0.5) is 0 Å². The number of ether oxygens (including phenoxy) is 3. The van der Waals surface area contributed by atoms with E-state index in [1.54, 1.807) is 6.92 Å². The summed E-state index contributed by atoms with van der Waals surface area (Å²) in [7, 11) is 0. The molecule has 1 heterocycles. The Morgan fingerprint density at radius 2 is 2.00 bits per heavy atom. The van der Waals surface area contributed by atoms with Gasteiger partial charge in [-0.25, -0.2) is 4.79 Å². The second-order valence-electron chi connectivity index (χ2n) is 2.95. The van der Waals surface area contributed by atoms with Crippen LogP contribution in [0.15, 0.2) is 0 Å². The Bertz CT molecular complexity index is 194. The zero-order chi connectivity index (χ0) is 10.6. The van der Waals surface area contributed by atoms with Crippen molar-refractivity contribution in [3.05, 3.63) is 0 Å². The number of hydrogen-bond acceptors (Lipinski definition) is 5. The van der Waals surface area contributed by atoms with Gasteiger partial charge in [-0.3, -0.25) is 0 Å². The van der Waals surface area contributed by atoms with E-state index >= 15 is 0 Å². The molecule has 0 spiro atoms. The quantitative estimate of drug-likeness (QED) is 0.624. The van der Waals surface area contributed by atoms with Gasteiger partial charge in [0.25, 0.3) is 0 Å². The van der Waals surface area contributed by atoms with E-state index < -0.39 is 24.3 Å². The third-order valence-corrected chi connectivity index (χ3v) is 2.05. The molecule has 5 heteroatoms. The summed E-state index contributed by atoms with van der Waals surface area (Å²) in [5, 5.41) is 8.95. The molecule has 1 saturated heterocycles. The third-order valence-electron chi connectivity index (χ3n) is 2.05. The largest absolute Gasteiger partial charge is 0.455 e. The average molecular weight is 204 g/mol. The van der Waals surface area contributed by atoms with Gasteiger partial charge in [0.1, 0.15) is 6.10 Å². The van der Waals surface area contributed by atoms with Gasteiger partial charge >= 0.3 is 5.97 Å². The monoisotopic (exact) mass is 204 g/mol. The Hall–Kier alpha value is -0.650. The summed E-state index contributed by atoms with van der Waals surface area (Å²) in [6.45, 7) is 4.26. The molecular weight excluding hydrogens is 188 g/mol. The summed E-state index contributed by atoms with van der Waals surface area (Å²) >= 11 is 0. The fourth-order valence-corrected chi connectivity index (χ4v) is 1.48. The van der Waals surface area contributed by atoms with Crippen LogP contribution in [0.5, 0.6) is 0 Å². The first-order valence-electron chi connectivity index (χ1n) is 4.79. The van der Waals surface area contributed by atoms with Crippen LogP contribution in [0.3, 0.4) is 0 Å². The molecule has 0 aromatic carbocycles. The van der Waals surface area contributed by atoms with Crippen molar-refractivity contribution in [2.24, 2.45) is 0 Å². The molecule has 0 bridgehead atoms. The number of carbonyl (C=O) groups is 1. The fraction of sp³-hybridized carbons (Fsp3) is 0.889. The minimum Gasteiger partial charge on any atom is -0.455 e. The van der Waals surface area contributed by atoms with Crippen molar-refractivity contribution in [3.8, 4) is 0 Å². The molecule has 1 aliphatic heterocycles. The second kappa shape index (κ2) is 5.29. The van der Waals surface area contributed by atoms with Crippen LogP contribution in [0.1, 0.15) is 13.8 Å². The van der Waals surface area contributed by atoms with Gasteiger partial charge in [0.15, 0.2) is 12.2 Å². The maximum atomic E-state index is 11.3. The minimum absolute atomic E-state index is 0.236. The highest BCUT2D eigenvalue weighted by Crippen LogP contribution is 2.21. The zero-order valence-electron chi connectivity index (χ0n) is 8.43. The molecule has 14 heavy (non-hydrogen) atoms. The lowest BCUT2D eigenvalue weighted by molar-refractivity contribution is -0.150. The summed E-state index contributed by atoms with van der Waals surface area (Å²) in [4.78, 5) is 11.3. The first kappa shape index (κ1) is 11.4. The van der Waals surface area contributed by atoms with E-state index in [-0.39, 0.29) is 6.61 Å². The fourth-order valence-electron chi connectivity index (χ4n) is 1.48. The van der Waals surface area contributed by atoms with Crippen LogP contribution < -0.4 is 0 Å². The number of aliphatic hydroxyl groups excluding tert-OH is 1. The van der Waals surface area contributed by atoms with Crippen molar-refractivity contribution in [1.82, 2.24) is 0 Å². The molecule has 0 radical (unpaired) electrons. The molecule has 1 rings (SSSR count). The zero-order valence-corrected chi connectivity index (χ0v) is 8.43. The SMILES string of the molecule is CCO[C@@H]1[C@H](CO)OC(=O)[C@@H]1OCC. The minimum atomic E-state index is -0.697. The summed E-state index contributed by atoms with van der Waals surface area (Å²) in [6.07, 6.45) is -1.78. The number of cyclic esters (lactones) is 1. The van der Waals surface area contributed by atoms with Crippen LogP contribution in [0.25, 0.3) is 0 Å². The molecule has 5 nitrogen and oxygen atoms in total. The van der Waals surface area contributed by atoms with Crippen molar-refractivity contribution in [2.75, 3.05) is 19.8 Å². The first-order chi connectivity index (χ1) is 6.74. The summed E-state index contributed by atoms with van der Waals surface area (Å²) in [6, 6.07) is 0. The lowest BCUT2D eigenvalue weighted by Crippen LogP contribution is -2.37. The molecule has 0 aromatic heterocycles. The van der Waals surface area contributed by atoms with Gasteiger partial charge in [-0.2, -0.15) is 0 Å². The van der Waals surface area contributed by atoms with E-state index in [1.165, 1.54) is 0 Å². The van der Waals surface area contributed by atoms with E-state index in [4.69, 9.17) is 19.3 Å². The number of hydrogen-bond donors (Lipinski definition) is 1. The van der Waals surface area contributed by atoms with Gasteiger partial charge in [-0.1, -0.05) is 0 Å². The maximum Gasteiger partial charge on any atom is 0.338 e. The van der Waals surface area contributed by atoms with E-state index in [9.17, 15) is 4.79 Å². The normalized spacial score (nSPS) is 31.9. The molecule has 0 aromatic rings. The molecule has 1 fully saturated rings. The van der Waals surface area contributed by atoms with Gasteiger partial charge in [0, 0.05) is 13.2 Å². The first-order valence-corrected chi connectivity index (χ1v) is 4.79. The second-order valence-corrected chi connectivity index (χ2v) is 2.95. The summed E-state index contributed by atoms with van der Waals surface area (Å²) < 4.78 is 15.4. The van der Waals surface area contributed by atoms with E-state index in [0.717, 1.165) is 0 Å². The van der Waals surface area contributed by atoms with Gasteiger partial charge in [0.05, 0.1) is 6.61 Å². The Morgan fingerprint density at radius 3 is 2.50 bits per heavy atom. The molecule has 0 unspecified atom stereocenters. The standard InChI is InChI=1S/C9H16O5/c1-3-12-7-6(5-10)14-9(11)8(7)13-4-2/h6-8,10H,3-5H2,1-2H3/t6-,7+,8+/m0/s1. The van der Waals surface area contributed by atoms with E-state index in [2.05, 4.69) is 0 Å². The summed E-state index contributed by atoms with van der Waals surface area (Å²) in [5.74, 6) is -0.454. The van der Waals surface area contributed by atoms with Crippen LogP contribution in [0, 0.1) is 0 Å². The molecule has 0 amide bonds. The van der Waals surface area contributed by atoms with E-state index in [1.807, 2.05) is 6.92 Å². The molecule has 0 saturated carbocycles.